The smallest absolute Gasteiger partial charge is 0.369 e. The van der Waals surface area contributed by atoms with E-state index in [1.54, 1.807) is 30.6 Å². The Hall–Kier alpha value is -8.04. The number of hydrogen-bond donors (Lipinski definition) is 3. The van der Waals surface area contributed by atoms with Gasteiger partial charge in [0.15, 0.2) is 4.90 Å². The van der Waals surface area contributed by atoms with Gasteiger partial charge in [0.05, 0.1) is 48.0 Å². The summed E-state index contributed by atoms with van der Waals surface area (Å²) >= 11 is 0. The van der Waals surface area contributed by atoms with Gasteiger partial charge in [0.1, 0.15) is 36.9 Å². The topological polar surface area (TPSA) is 256 Å². The van der Waals surface area contributed by atoms with E-state index in [9.17, 15) is 43.0 Å². The molecule has 5 heterocycles. The fourth-order valence-corrected chi connectivity index (χ4v) is 12.6. The molecule has 3 aliphatic heterocycles. The molecule has 1 saturated heterocycles. The number of carbonyl (C=O) groups is 4. The third-order valence-corrected chi connectivity index (χ3v) is 16.1. The van der Waals surface area contributed by atoms with Crippen molar-refractivity contribution in [1.82, 2.24) is 30.0 Å². The number of fused-ring (bicyclic) bond motifs is 1. The van der Waals surface area contributed by atoms with Crippen LogP contribution in [0.5, 0.6) is 0 Å². The van der Waals surface area contributed by atoms with Crippen molar-refractivity contribution in [3.63, 3.8) is 0 Å². The van der Waals surface area contributed by atoms with Gasteiger partial charge in [-0.2, -0.15) is 18.4 Å². The number of nitro groups is 1. The van der Waals surface area contributed by atoms with Gasteiger partial charge < -0.3 is 19.7 Å². The summed E-state index contributed by atoms with van der Waals surface area (Å²) in [6.45, 7) is 5.45. The van der Waals surface area contributed by atoms with Crippen molar-refractivity contribution in [1.29, 1.82) is 5.26 Å². The summed E-state index contributed by atoms with van der Waals surface area (Å²) < 4.78 is 77.6. The van der Waals surface area contributed by atoms with E-state index in [-0.39, 0.29) is 73.3 Å². The second-order valence-corrected chi connectivity index (χ2v) is 22.0. The number of rotatable bonds is 18. The fourth-order valence-electron chi connectivity index (χ4n) is 11.3. The number of nitrogens with zero attached hydrogens (tertiary/aromatic N) is 9. The Morgan fingerprint density at radius 1 is 0.974 bits per heavy atom. The van der Waals surface area contributed by atoms with Crippen LogP contribution in [0, 0.1) is 33.3 Å². The van der Waals surface area contributed by atoms with Crippen molar-refractivity contribution in [3.8, 4) is 6.07 Å². The number of benzene rings is 3. The van der Waals surface area contributed by atoms with Gasteiger partial charge >= 0.3 is 6.18 Å². The number of likely N-dealkylation sites (tertiary alicyclic amines) is 1. The molecule has 2 atom stereocenters. The molecular formula is C52H54F3N12O8S+. The van der Waals surface area contributed by atoms with Crippen LogP contribution in [0.2, 0.25) is 0 Å². The number of sulfonamides is 1. The van der Waals surface area contributed by atoms with Crippen molar-refractivity contribution in [3.05, 3.63) is 140 Å². The molecule has 0 radical (unpaired) electrons. The highest BCUT2D eigenvalue weighted by molar-refractivity contribution is 7.92. The van der Waals surface area contributed by atoms with Gasteiger partial charge in [0.25, 0.3) is 39.3 Å². The standard InChI is InChI=1S/C52H53F3N12O8S/c1-32-6-4-19-67(28-32,29-34-7-10-38(11-8-34)62-76(74,75)43-12-9-36(22-42(43)66(72)73)48(70)58-17-18-64-46(68)13-14-47(64)69)30-35-20-39-40(41(21-35)52(53,54)55)27-65(49(39)71)45-24-37(23-44(60-45)57-16-5-15-56)51(25-33(2)26-51)50-61-59-31-63(50)3/h7-14,20-24,31-33,62H,4-6,16-19,25-30H2,1-3H3,(H-,57,58,60,70)/p+1/t32-,33?,51?,67?/m0/s1. The molecule has 2 aromatic heterocycles. The predicted octanol–water partition coefficient (Wildman–Crippen LogP) is 6.74. The number of quaternary nitrogens is 1. The molecule has 0 spiro atoms. The van der Waals surface area contributed by atoms with Crippen LogP contribution in [0.3, 0.4) is 0 Å². The largest absolute Gasteiger partial charge is 0.416 e. The summed E-state index contributed by atoms with van der Waals surface area (Å²) in [7, 11) is -2.77. The van der Waals surface area contributed by atoms with Crippen LogP contribution < -0.4 is 20.3 Å². The number of imide groups is 1. The zero-order valence-electron chi connectivity index (χ0n) is 41.8. The number of anilines is 3. The zero-order chi connectivity index (χ0) is 54.3. The van der Waals surface area contributed by atoms with E-state index >= 15 is 13.2 Å². The first kappa shape index (κ1) is 52.8. The number of nitriles is 1. The summed E-state index contributed by atoms with van der Waals surface area (Å²) in [6, 6.07) is 17.5. The van der Waals surface area contributed by atoms with E-state index < -0.39 is 66.3 Å². The number of halogens is 3. The van der Waals surface area contributed by atoms with Crippen LogP contribution >= 0.6 is 0 Å². The first-order valence-corrected chi connectivity index (χ1v) is 26.2. The van der Waals surface area contributed by atoms with Crippen molar-refractivity contribution in [2.24, 2.45) is 18.9 Å². The maximum absolute atomic E-state index is 15.3. The number of pyridine rings is 1. The van der Waals surface area contributed by atoms with Crippen molar-refractivity contribution in [2.75, 3.05) is 47.7 Å². The van der Waals surface area contributed by atoms with Crippen LogP contribution in [-0.4, -0.2) is 98.8 Å². The summed E-state index contributed by atoms with van der Waals surface area (Å²) in [5.74, 6) is -0.783. The van der Waals surface area contributed by atoms with E-state index in [1.807, 2.05) is 17.7 Å². The number of nitrogens with one attached hydrogen (secondary N) is 3. The first-order chi connectivity index (χ1) is 36.1. The number of aromatic nitrogens is 4. The van der Waals surface area contributed by atoms with Crippen LogP contribution in [0.1, 0.15) is 100 Å². The van der Waals surface area contributed by atoms with Crippen molar-refractivity contribution >= 4 is 56.7 Å². The summed E-state index contributed by atoms with van der Waals surface area (Å²) in [6.07, 6.45) is 2.23. The Bertz CT molecular complexity index is 3330. The molecule has 5 aromatic rings. The average molecular weight is 1060 g/mol. The maximum Gasteiger partial charge on any atom is 0.416 e. The summed E-state index contributed by atoms with van der Waals surface area (Å²) in [5, 5.41) is 35.6. The van der Waals surface area contributed by atoms with Crippen LogP contribution in [-0.2, 0) is 57.9 Å². The minimum Gasteiger partial charge on any atom is -0.369 e. The average Bonchev–Trinajstić information content (AvgIpc) is 4.09. The van der Waals surface area contributed by atoms with Gasteiger partial charge in [-0.1, -0.05) is 26.0 Å². The molecule has 4 aliphatic rings. The molecule has 1 unspecified atom stereocenters. The number of carbonyl (C=O) groups excluding carboxylic acids is 4. The van der Waals surface area contributed by atoms with E-state index in [1.165, 1.54) is 17.0 Å². The molecule has 3 N–H and O–H groups in total. The first-order valence-electron chi connectivity index (χ1n) is 24.7. The minimum absolute atomic E-state index is 0.0617. The van der Waals surface area contributed by atoms with Crippen LogP contribution in [0.4, 0.5) is 36.2 Å². The second-order valence-electron chi connectivity index (χ2n) is 20.3. The SMILES string of the molecule is CC1CC(c2cc(NCCC#N)nc(N3Cc4c(cc(C[N+]5(Cc6ccc(NS(=O)(=O)c7ccc(C(=O)NCCN8C(=O)C=CC8=O)cc7[N+](=O)[O-])cc6)CCC[C@H](C)C5)cc4C(F)(F)F)C3=O)c2)(c2nncn2C)C1. The van der Waals surface area contributed by atoms with Gasteiger partial charge in [0.2, 0.25) is 0 Å². The molecule has 76 heavy (non-hydrogen) atoms. The molecule has 3 aromatic carbocycles. The highest BCUT2D eigenvalue weighted by Gasteiger charge is 2.49. The molecule has 396 valence electrons. The number of nitro benzene ring substituents is 1. The van der Waals surface area contributed by atoms with Gasteiger partial charge in [-0.15, -0.1) is 10.2 Å². The highest BCUT2D eigenvalue weighted by Crippen LogP contribution is 2.52. The van der Waals surface area contributed by atoms with Crippen molar-refractivity contribution in [2.45, 2.75) is 82.1 Å². The molecule has 20 nitrogen and oxygen atoms in total. The monoisotopic (exact) mass is 1060 g/mol. The lowest BCUT2D eigenvalue weighted by atomic mass is 9.58. The Kier molecular flexibility index (Phi) is 14.3. The summed E-state index contributed by atoms with van der Waals surface area (Å²) in [4.78, 5) is 68.5. The lowest BCUT2D eigenvalue weighted by Gasteiger charge is -2.46. The number of alkyl halides is 3. The third kappa shape index (κ3) is 10.6. The highest BCUT2D eigenvalue weighted by atomic mass is 32.2. The number of piperidine rings is 1. The lowest BCUT2D eigenvalue weighted by molar-refractivity contribution is -0.960. The fraction of sp³-hybridized carbons (Fsp3) is 0.385. The van der Waals surface area contributed by atoms with E-state index in [2.05, 4.69) is 45.5 Å². The molecule has 4 amide bonds. The molecule has 2 fully saturated rings. The van der Waals surface area contributed by atoms with Gasteiger partial charge in [-0.25, -0.2) is 13.4 Å². The Morgan fingerprint density at radius 3 is 2.34 bits per heavy atom. The Morgan fingerprint density at radius 2 is 1.70 bits per heavy atom. The Labute approximate surface area is 435 Å². The van der Waals surface area contributed by atoms with Gasteiger partial charge in [0, 0.05) is 78.8 Å². The minimum atomic E-state index is -4.81. The van der Waals surface area contributed by atoms with E-state index in [4.69, 9.17) is 4.98 Å². The van der Waals surface area contributed by atoms with Gasteiger partial charge in [-0.05, 0) is 91.3 Å². The van der Waals surface area contributed by atoms with E-state index in [0.717, 1.165) is 65.3 Å². The Balaban J connectivity index is 0.950. The van der Waals surface area contributed by atoms with Gasteiger partial charge in [-0.3, -0.25) is 43.8 Å². The number of amides is 4. The molecule has 9 rings (SSSR count). The maximum atomic E-state index is 15.3. The summed E-state index contributed by atoms with van der Waals surface area (Å²) in [5.41, 5.74) is -0.969. The normalized spacial score (nSPS) is 21.3. The van der Waals surface area contributed by atoms with Crippen LogP contribution in [0.25, 0.3) is 0 Å². The predicted molar refractivity (Wildman–Crippen MR) is 269 cm³/mol. The van der Waals surface area contributed by atoms with E-state index in [0.29, 0.717) is 60.1 Å². The van der Waals surface area contributed by atoms with Crippen molar-refractivity contribution < 1.29 is 50.2 Å². The molecule has 24 heteroatoms. The zero-order valence-corrected chi connectivity index (χ0v) is 42.6. The lowest BCUT2D eigenvalue weighted by Crippen LogP contribution is -2.52. The number of hydrogen-bond acceptors (Lipinski definition) is 13. The van der Waals surface area contributed by atoms with Crippen LogP contribution in [0.15, 0.2) is 90.1 Å². The molecule has 1 aliphatic carbocycles. The quantitative estimate of drug-likeness (QED) is 0.0271. The third-order valence-electron chi connectivity index (χ3n) is 14.6. The number of aryl methyl sites for hydroxylation is 1. The molecule has 0 bridgehead atoms. The second kappa shape index (κ2) is 20.6. The molecular weight excluding hydrogens is 1010 g/mol. The molecule has 1 saturated carbocycles.